The lowest BCUT2D eigenvalue weighted by molar-refractivity contribution is -0.137. The summed E-state index contributed by atoms with van der Waals surface area (Å²) >= 11 is 0. The molecule has 0 N–H and O–H groups in total. The first-order valence-corrected chi connectivity index (χ1v) is 9.79. The highest BCUT2D eigenvalue weighted by molar-refractivity contribution is 5.28. The average molecular weight is 335 g/mol. The zero-order chi connectivity index (χ0) is 17.0. The van der Waals surface area contributed by atoms with Crippen molar-refractivity contribution in [2.24, 2.45) is 0 Å². The summed E-state index contributed by atoms with van der Waals surface area (Å²) in [6.45, 7) is 6.63. The second-order valence-corrected chi connectivity index (χ2v) is 6.75. The highest BCUT2D eigenvalue weighted by atomic mass is 16.6. The van der Waals surface area contributed by atoms with Gasteiger partial charge in [0.25, 0.3) is 0 Å². The lowest BCUT2D eigenvalue weighted by atomic mass is 10.1. The van der Waals surface area contributed by atoms with E-state index >= 15 is 0 Å². The first-order chi connectivity index (χ1) is 11.8. The van der Waals surface area contributed by atoms with Gasteiger partial charge in [-0.3, -0.25) is 0 Å². The van der Waals surface area contributed by atoms with Crippen LogP contribution < -0.4 is 4.74 Å². The summed E-state index contributed by atoms with van der Waals surface area (Å²) in [5, 5.41) is 0. The first kappa shape index (κ1) is 19.3. The van der Waals surface area contributed by atoms with Crippen LogP contribution in [0.15, 0.2) is 24.3 Å². The Hall–Kier alpha value is -1.06. The average Bonchev–Trinajstić information content (AvgIpc) is 2.64. The van der Waals surface area contributed by atoms with Crippen LogP contribution in [0.3, 0.4) is 0 Å². The second kappa shape index (κ2) is 11.5. The van der Waals surface area contributed by atoms with E-state index in [0.29, 0.717) is 13.2 Å². The fourth-order valence-electron chi connectivity index (χ4n) is 3.02. The maximum absolute atomic E-state index is 6.02. The number of rotatable bonds is 11. The Morgan fingerprint density at radius 2 is 1.62 bits per heavy atom. The third-order valence-electron chi connectivity index (χ3n) is 4.61. The number of benzene rings is 1. The van der Waals surface area contributed by atoms with E-state index < -0.39 is 0 Å². The van der Waals surface area contributed by atoms with Crippen molar-refractivity contribution in [3.8, 4) is 5.75 Å². The molecule has 2 unspecified atom stereocenters. The fourth-order valence-corrected chi connectivity index (χ4v) is 3.02. The SMILES string of the molecule is CCCCCCC1COC(c2ccc(OCCCCC)cc2)CO1. The molecule has 1 fully saturated rings. The lowest BCUT2D eigenvalue weighted by Crippen LogP contribution is -2.31. The van der Waals surface area contributed by atoms with Gasteiger partial charge in [-0.1, -0.05) is 64.5 Å². The zero-order valence-corrected chi connectivity index (χ0v) is 15.5. The van der Waals surface area contributed by atoms with Crippen LogP contribution in [0.2, 0.25) is 0 Å². The van der Waals surface area contributed by atoms with E-state index in [4.69, 9.17) is 14.2 Å². The Bertz CT molecular complexity index is 421. The molecule has 0 bridgehead atoms. The topological polar surface area (TPSA) is 27.7 Å². The largest absolute Gasteiger partial charge is 0.494 e. The zero-order valence-electron chi connectivity index (χ0n) is 15.5. The highest BCUT2D eigenvalue weighted by Gasteiger charge is 2.23. The smallest absolute Gasteiger partial charge is 0.119 e. The fraction of sp³-hybridized carbons (Fsp3) is 0.714. The summed E-state index contributed by atoms with van der Waals surface area (Å²) in [6, 6.07) is 8.29. The Morgan fingerprint density at radius 1 is 0.875 bits per heavy atom. The molecular weight excluding hydrogens is 300 g/mol. The molecule has 1 saturated heterocycles. The van der Waals surface area contributed by atoms with Crippen LogP contribution in [-0.2, 0) is 9.47 Å². The van der Waals surface area contributed by atoms with Gasteiger partial charge >= 0.3 is 0 Å². The second-order valence-electron chi connectivity index (χ2n) is 6.75. The van der Waals surface area contributed by atoms with Gasteiger partial charge in [0.15, 0.2) is 0 Å². The normalized spacial score (nSPS) is 20.9. The molecule has 3 heteroatoms. The summed E-state index contributed by atoms with van der Waals surface area (Å²) in [7, 11) is 0. The molecule has 0 aliphatic carbocycles. The van der Waals surface area contributed by atoms with Crippen molar-refractivity contribution >= 4 is 0 Å². The molecule has 0 spiro atoms. The van der Waals surface area contributed by atoms with Gasteiger partial charge in [0.05, 0.1) is 25.9 Å². The molecule has 0 aromatic heterocycles. The molecule has 1 heterocycles. The minimum atomic E-state index is 0.0611. The molecule has 2 atom stereocenters. The van der Waals surface area contributed by atoms with Crippen LogP contribution >= 0.6 is 0 Å². The van der Waals surface area contributed by atoms with Crippen LogP contribution in [0.1, 0.15) is 76.9 Å². The molecule has 0 amide bonds. The standard InChI is InChI=1S/C21H34O3/c1-3-5-7-8-10-20-16-24-21(17-23-20)18-11-13-19(14-12-18)22-15-9-6-4-2/h11-14,20-21H,3-10,15-17H2,1-2H3. The van der Waals surface area contributed by atoms with Gasteiger partial charge in [0.1, 0.15) is 11.9 Å². The van der Waals surface area contributed by atoms with Crippen LogP contribution in [-0.4, -0.2) is 25.9 Å². The van der Waals surface area contributed by atoms with E-state index in [1.807, 2.05) is 12.1 Å². The monoisotopic (exact) mass is 334 g/mol. The number of hydrogen-bond acceptors (Lipinski definition) is 3. The van der Waals surface area contributed by atoms with Gasteiger partial charge in [0.2, 0.25) is 0 Å². The van der Waals surface area contributed by atoms with E-state index in [0.717, 1.165) is 25.2 Å². The Labute approximate surface area is 147 Å². The molecule has 0 saturated carbocycles. The number of unbranched alkanes of at least 4 members (excludes halogenated alkanes) is 5. The molecule has 1 aromatic rings. The Kier molecular flexibility index (Phi) is 9.22. The molecule has 2 rings (SSSR count). The van der Waals surface area contributed by atoms with Crippen molar-refractivity contribution in [3.63, 3.8) is 0 Å². The van der Waals surface area contributed by atoms with E-state index in [9.17, 15) is 0 Å². The minimum absolute atomic E-state index is 0.0611. The molecule has 1 aliphatic heterocycles. The first-order valence-electron chi connectivity index (χ1n) is 9.79. The summed E-state index contributed by atoms with van der Waals surface area (Å²) in [5.41, 5.74) is 1.18. The predicted molar refractivity (Wildman–Crippen MR) is 98.7 cm³/mol. The van der Waals surface area contributed by atoms with Crippen molar-refractivity contribution in [1.29, 1.82) is 0 Å². The Morgan fingerprint density at radius 3 is 2.29 bits per heavy atom. The maximum Gasteiger partial charge on any atom is 0.119 e. The van der Waals surface area contributed by atoms with E-state index in [-0.39, 0.29) is 12.2 Å². The minimum Gasteiger partial charge on any atom is -0.494 e. The molecule has 24 heavy (non-hydrogen) atoms. The van der Waals surface area contributed by atoms with Crippen LogP contribution in [0.5, 0.6) is 5.75 Å². The predicted octanol–water partition coefficient (Wildman–Crippen LogP) is 5.68. The number of ether oxygens (including phenoxy) is 3. The van der Waals surface area contributed by atoms with E-state index in [2.05, 4.69) is 26.0 Å². The quantitative estimate of drug-likeness (QED) is 0.487. The molecule has 136 valence electrons. The van der Waals surface area contributed by atoms with Gasteiger partial charge in [0, 0.05) is 0 Å². The van der Waals surface area contributed by atoms with Gasteiger partial charge in [-0.15, -0.1) is 0 Å². The molecule has 3 nitrogen and oxygen atoms in total. The van der Waals surface area contributed by atoms with Gasteiger partial charge in [-0.05, 0) is 30.5 Å². The van der Waals surface area contributed by atoms with Crippen molar-refractivity contribution in [2.45, 2.75) is 77.4 Å². The molecular formula is C21H34O3. The van der Waals surface area contributed by atoms with Crippen molar-refractivity contribution in [2.75, 3.05) is 19.8 Å². The van der Waals surface area contributed by atoms with E-state index in [1.165, 1.54) is 44.1 Å². The Balaban J connectivity index is 1.68. The summed E-state index contributed by atoms with van der Waals surface area (Å²) in [6.07, 6.45) is 10.2. The maximum atomic E-state index is 6.02. The van der Waals surface area contributed by atoms with Crippen LogP contribution in [0, 0.1) is 0 Å². The van der Waals surface area contributed by atoms with Gasteiger partial charge < -0.3 is 14.2 Å². The molecule has 0 radical (unpaired) electrons. The summed E-state index contributed by atoms with van der Waals surface area (Å²) in [5.74, 6) is 0.945. The van der Waals surface area contributed by atoms with Gasteiger partial charge in [-0.2, -0.15) is 0 Å². The van der Waals surface area contributed by atoms with Gasteiger partial charge in [-0.25, -0.2) is 0 Å². The van der Waals surface area contributed by atoms with Crippen molar-refractivity contribution in [3.05, 3.63) is 29.8 Å². The van der Waals surface area contributed by atoms with E-state index in [1.54, 1.807) is 0 Å². The highest BCUT2D eigenvalue weighted by Crippen LogP contribution is 2.26. The number of hydrogen-bond donors (Lipinski definition) is 0. The van der Waals surface area contributed by atoms with Crippen LogP contribution in [0.25, 0.3) is 0 Å². The summed E-state index contributed by atoms with van der Waals surface area (Å²) < 4.78 is 17.8. The molecule has 1 aromatic carbocycles. The third-order valence-corrected chi connectivity index (χ3v) is 4.61. The van der Waals surface area contributed by atoms with Crippen LogP contribution in [0.4, 0.5) is 0 Å². The van der Waals surface area contributed by atoms with Crippen molar-refractivity contribution < 1.29 is 14.2 Å². The lowest BCUT2D eigenvalue weighted by Gasteiger charge is -2.30. The van der Waals surface area contributed by atoms with Crippen molar-refractivity contribution in [1.82, 2.24) is 0 Å². The summed E-state index contributed by atoms with van der Waals surface area (Å²) in [4.78, 5) is 0. The molecule has 1 aliphatic rings. The third kappa shape index (κ3) is 6.82.